The molecule has 0 bridgehead atoms. The van der Waals surface area contributed by atoms with Crippen LogP contribution in [0.25, 0.3) is 5.65 Å². The SMILES string of the molecule is Cc1cccn2cc(CNC(=O)C(C)(C)Cc3cn[nH]n3)nc12. The third kappa shape index (κ3) is 3.23. The molecule has 0 saturated carbocycles. The molecule has 0 saturated heterocycles. The van der Waals surface area contributed by atoms with Crippen LogP contribution in [0.15, 0.2) is 30.7 Å². The first-order chi connectivity index (χ1) is 11.0. The number of amides is 1. The molecule has 0 spiro atoms. The molecule has 0 aliphatic carbocycles. The zero-order chi connectivity index (χ0) is 16.4. The molecule has 0 aliphatic heterocycles. The second-order valence-corrected chi connectivity index (χ2v) is 6.36. The Labute approximate surface area is 134 Å². The molecule has 0 fully saturated rings. The Bertz CT molecular complexity index is 818. The number of carbonyl (C=O) groups is 1. The standard InChI is InChI=1S/C16H20N6O/c1-11-5-4-6-22-10-13(19-14(11)22)8-17-15(23)16(2,3)7-12-9-18-21-20-12/h4-6,9-10H,7-8H2,1-3H3,(H,17,23)(H,18,20,21). The number of H-pyrrole nitrogens is 1. The number of hydrogen-bond donors (Lipinski definition) is 2. The number of aromatic amines is 1. The van der Waals surface area contributed by atoms with Gasteiger partial charge < -0.3 is 9.72 Å². The van der Waals surface area contributed by atoms with Crippen LogP contribution < -0.4 is 5.32 Å². The van der Waals surface area contributed by atoms with Crippen LogP contribution in [-0.2, 0) is 17.8 Å². The number of rotatable bonds is 5. The van der Waals surface area contributed by atoms with Gasteiger partial charge in [0.25, 0.3) is 0 Å². The minimum absolute atomic E-state index is 0.0331. The molecule has 3 heterocycles. The molecule has 3 rings (SSSR count). The zero-order valence-electron chi connectivity index (χ0n) is 13.5. The van der Waals surface area contributed by atoms with E-state index in [1.165, 1.54) is 0 Å². The second-order valence-electron chi connectivity index (χ2n) is 6.36. The van der Waals surface area contributed by atoms with E-state index >= 15 is 0 Å². The quantitative estimate of drug-likeness (QED) is 0.750. The van der Waals surface area contributed by atoms with Gasteiger partial charge in [-0.3, -0.25) is 4.79 Å². The van der Waals surface area contributed by atoms with Gasteiger partial charge in [-0.05, 0) is 18.6 Å². The third-order valence-corrected chi connectivity index (χ3v) is 3.86. The predicted octanol–water partition coefficient (Wildman–Crippen LogP) is 1.65. The number of carbonyl (C=O) groups excluding carboxylic acids is 1. The lowest BCUT2D eigenvalue weighted by molar-refractivity contribution is -0.129. The van der Waals surface area contributed by atoms with Gasteiger partial charge >= 0.3 is 0 Å². The van der Waals surface area contributed by atoms with Crippen molar-refractivity contribution in [2.45, 2.75) is 33.7 Å². The maximum atomic E-state index is 12.4. The Morgan fingerprint density at radius 2 is 2.22 bits per heavy atom. The summed E-state index contributed by atoms with van der Waals surface area (Å²) in [5, 5.41) is 13.3. The minimum Gasteiger partial charge on any atom is -0.350 e. The Morgan fingerprint density at radius 1 is 1.39 bits per heavy atom. The van der Waals surface area contributed by atoms with Gasteiger partial charge in [0.15, 0.2) is 0 Å². The van der Waals surface area contributed by atoms with Crippen LogP contribution in [0.4, 0.5) is 0 Å². The highest BCUT2D eigenvalue weighted by atomic mass is 16.2. The van der Waals surface area contributed by atoms with E-state index in [-0.39, 0.29) is 5.91 Å². The number of fused-ring (bicyclic) bond motifs is 1. The summed E-state index contributed by atoms with van der Waals surface area (Å²) >= 11 is 0. The van der Waals surface area contributed by atoms with Gasteiger partial charge in [0.2, 0.25) is 5.91 Å². The fourth-order valence-electron chi connectivity index (χ4n) is 2.54. The van der Waals surface area contributed by atoms with E-state index in [4.69, 9.17) is 0 Å². The van der Waals surface area contributed by atoms with Crippen LogP contribution in [0.2, 0.25) is 0 Å². The lowest BCUT2D eigenvalue weighted by atomic mass is 9.87. The van der Waals surface area contributed by atoms with Crippen LogP contribution >= 0.6 is 0 Å². The summed E-state index contributed by atoms with van der Waals surface area (Å²) in [5.74, 6) is -0.0331. The summed E-state index contributed by atoms with van der Waals surface area (Å²) in [7, 11) is 0. The van der Waals surface area contributed by atoms with Gasteiger partial charge in [0.05, 0.1) is 24.1 Å². The molecule has 0 unspecified atom stereocenters. The minimum atomic E-state index is -0.564. The Kier molecular flexibility index (Phi) is 3.85. The Morgan fingerprint density at radius 3 is 2.91 bits per heavy atom. The molecular formula is C16H20N6O. The van der Waals surface area contributed by atoms with E-state index in [9.17, 15) is 4.79 Å². The van der Waals surface area contributed by atoms with Crippen molar-refractivity contribution in [3.63, 3.8) is 0 Å². The molecule has 0 aliphatic rings. The number of nitrogens with one attached hydrogen (secondary N) is 2. The van der Waals surface area contributed by atoms with Crippen molar-refractivity contribution in [3.8, 4) is 0 Å². The molecule has 1 amide bonds. The van der Waals surface area contributed by atoms with E-state index in [1.54, 1.807) is 6.20 Å². The van der Waals surface area contributed by atoms with Crippen LogP contribution in [0, 0.1) is 12.3 Å². The molecule has 7 nitrogen and oxygen atoms in total. The smallest absolute Gasteiger partial charge is 0.226 e. The maximum Gasteiger partial charge on any atom is 0.226 e. The van der Waals surface area contributed by atoms with Gasteiger partial charge in [-0.25, -0.2) is 4.98 Å². The topological polar surface area (TPSA) is 88.0 Å². The Balaban J connectivity index is 1.66. The summed E-state index contributed by atoms with van der Waals surface area (Å²) in [6.07, 6.45) is 6.06. The number of aryl methyl sites for hydroxylation is 1. The van der Waals surface area contributed by atoms with E-state index in [2.05, 4.69) is 25.7 Å². The van der Waals surface area contributed by atoms with Gasteiger partial charge in [-0.15, -0.1) is 0 Å². The second kappa shape index (κ2) is 5.83. The van der Waals surface area contributed by atoms with Gasteiger partial charge in [0, 0.05) is 24.2 Å². The first-order valence-corrected chi connectivity index (χ1v) is 7.52. The average Bonchev–Trinajstić information content (AvgIpc) is 3.14. The van der Waals surface area contributed by atoms with Gasteiger partial charge in [-0.2, -0.15) is 15.4 Å². The van der Waals surface area contributed by atoms with Crippen molar-refractivity contribution >= 4 is 11.6 Å². The van der Waals surface area contributed by atoms with Crippen LogP contribution in [0.1, 0.15) is 30.8 Å². The lowest BCUT2D eigenvalue weighted by Crippen LogP contribution is -2.38. The molecule has 0 radical (unpaired) electrons. The molecule has 2 N–H and O–H groups in total. The molecule has 3 aromatic heterocycles. The first-order valence-electron chi connectivity index (χ1n) is 7.52. The molecule has 120 valence electrons. The molecular weight excluding hydrogens is 292 g/mol. The fourth-order valence-corrected chi connectivity index (χ4v) is 2.54. The number of imidazole rings is 1. The average molecular weight is 312 g/mol. The van der Waals surface area contributed by atoms with Crippen LogP contribution in [0.3, 0.4) is 0 Å². The molecule has 7 heteroatoms. The fraction of sp³-hybridized carbons (Fsp3) is 0.375. The van der Waals surface area contributed by atoms with Crippen molar-refractivity contribution in [3.05, 3.63) is 47.7 Å². The monoisotopic (exact) mass is 312 g/mol. The van der Waals surface area contributed by atoms with Gasteiger partial charge in [-0.1, -0.05) is 19.9 Å². The van der Waals surface area contributed by atoms with Gasteiger partial charge in [0.1, 0.15) is 5.65 Å². The highest BCUT2D eigenvalue weighted by molar-refractivity contribution is 5.82. The van der Waals surface area contributed by atoms with Crippen molar-refractivity contribution in [1.82, 2.24) is 30.1 Å². The number of pyridine rings is 1. The highest BCUT2D eigenvalue weighted by Crippen LogP contribution is 2.20. The predicted molar refractivity (Wildman–Crippen MR) is 85.6 cm³/mol. The number of hydrogen-bond acceptors (Lipinski definition) is 4. The third-order valence-electron chi connectivity index (χ3n) is 3.86. The summed E-state index contributed by atoms with van der Waals surface area (Å²) in [4.78, 5) is 17.0. The molecule has 0 aromatic carbocycles. The summed E-state index contributed by atoms with van der Waals surface area (Å²) < 4.78 is 1.97. The lowest BCUT2D eigenvalue weighted by Gasteiger charge is -2.22. The summed E-state index contributed by atoms with van der Waals surface area (Å²) in [5.41, 5.74) is 3.07. The normalized spacial score (nSPS) is 11.8. The Hall–Kier alpha value is -2.70. The van der Waals surface area contributed by atoms with E-state index in [0.29, 0.717) is 13.0 Å². The molecule has 0 atom stereocenters. The molecule has 3 aromatic rings. The van der Waals surface area contributed by atoms with E-state index in [0.717, 1.165) is 22.6 Å². The number of aromatic nitrogens is 5. The zero-order valence-corrected chi connectivity index (χ0v) is 13.5. The maximum absolute atomic E-state index is 12.4. The van der Waals surface area contributed by atoms with Crippen molar-refractivity contribution < 1.29 is 4.79 Å². The van der Waals surface area contributed by atoms with Crippen LogP contribution in [0.5, 0.6) is 0 Å². The largest absolute Gasteiger partial charge is 0.350 e. The summed E-state index contributed by atoms with van der Waals surface area (Å²) in [6, 6.07) is 4.00. The highest BCUT2D eigenvalue weighted by Gasteiger charge is 2.28. The molecule has 23 heavy (non-hydrogen) atoms. The summed E-state index contributed by atoms with van der Waals surface area (Å²) in [6.45, 7) is 6.21. The van der Waals surface area contributed by atoms with E-state index in [1.807, 2.05) is 49.7 Å². The first kappa shape index (κ1) is 15.2. The number of nitrogens with zero attached hydrogens (tertiary/aromatic N) is 4. The van der Waals surface area contributed by atoms with Crippen LogP contribution in [-0.4, -0.2) is 30.7 Å². The van der Waals surface area contributed by atoms with Crippen molar-refractivity contribution in [1.29, 1.82) is 0 Å². The van der Waals surface area contributed by atoms with E-state index < -0.39 is 5.41 Å². The van der Waals surface area contributed by atoms with Crippen molar-refractivity contribution in [2.75, 3.05) is 0 Å². The van der Waals surface area contributed by atoms with Crippen molar-refractivity contribution in [2.24, 2.45) is 5.41 Å².